The fourth-order valence-electron chi connectivity index (χ4n) is 4.34. The van der Waals surface area contributed by atoms with Crippen molar-refractivity contribution in [1.29, 1.82) is 0 Å². The molecule has 0 aliphatic carbocycles. The first-order valence-corrected chi connectivity index (χ1v) is 9.86. The van der Waals surface area contributed by atoms with E-state index < -0.39 is 0 Å². The molecule has 2 nitrogen and oxygen atoms in total. The number of imidazole rings is 1. The second-order valence-electron chi connectivity index (χ2n) is 8.30. The Balaban J connectivity index is 1.96. The van der Waals surface area contributed by atoms with Crippen molar-refractivity contribution in [2.45, 2.75) is 68.5 Å². The molecule has 0 saturated heterocycles. The highest BCUT2D eigenvalue weighted by Crippen LogP contribution is 2.20. The van der Waals surface area contributed by atoms with Gasteiger partial charge in [-0.15, -0.1) is 0 Å². The number of aromatic nitrogens is 2. The van der Waals surface area contributed by atoms with Gasteiger partial charge in [0, 0.05) is 13.8 Å². The van der Waals surface area contributed by atoms with Crippen LogP contribution in [-0.2, 0) is 13.1 Å². The van der Waals surface area contributed by atoms with Gasteiger partial charge in [0.1, 0.15) is 24.5 Å². The van der Waals surface area contributed by atoms with Crippen LogP contribution >= 0.6 is 0 Å². The standard InChI is InChI=1S/C25H33N2/c1-16-9-18(3)24(19(4)10-16)13-26-15-27(23(8)22(26)7)14-25-20(5)11-17(2)12-21(25)6/h9-12,15H,13-14H2,1-8H3/q+1. The Morgan fingerprint density at radius 1 is 0.667 bits per heavy atom. The van der Waals surface area contributed by atoms with Crippen molar-refractivity contribution in [3.05, 3.63) is 86.5 Å². The fourth-order valence-corrected chi connectivity index (χ4v) is 4.34. The maximum Gasteiger partial charge on any atom is 0.244 e. The summed E-state index contributed by atoms with van der Waals surface area (Å²) in [5, 5.41) is 0. The zero-order chi connectivity index (χ0) is 19.9. The lowest BCUT2D eigenvalue weighted by atomic mass is 10.00. The summed E-state index contributed by atoms with van der Waals surface area (Å²) in [5.41, 5.74) is 13.8. The van der Waals surface area contributed by atoms with E-state index in [-0.39, 0.29) is 0 Å². The van der Waals surface area contributed by atoms with Gasteiger partial charge in [0.25, 0.3) is 0 Å². The highest BCUT2D eigenvalue weighted by Gasteiger charge is 2.19. The molecular weight excluding hydrogens is 328 g/mol. The molecule has 0 radical (unpaired) electrons. The predicted molar refractivity (Wildman–Crippen MR) is 114 cm³/mol. The lowest BCUT2D eigenvalue weighted by molar-refractivity contribution is -0.693. The number of aryl methyl sites for hydroxylation is 6. The van der Waals surface area contributed by atoms with Crippen LogP contribution in [0.15, 0.2) is 30.6 Å². The van der Waals surface area contributed by atoms with E-state index >= 15 is 0 Å². The van der Waals surface area contributed by atoms with Gasteiger partial charge in [-0.25, -0.2) is 9.13 Å². The van der Waals surface area contributed by atoms with Gasteiger partial charge in [0.05, 0.1) is 0 Å². The largest absolute Gasteiger partial charge is 0.244 e. The molecule has 3 rings (SSSR count). The third kappa shape index (κ3) is 3.85. The summed E-state index contributed by atoms with van der Waals surface area (Å²) >= 11 is 0. The molecule has 0 atom stereocenters. The number of hydrogen-bond acceptors (Lipinski definition) is 0. The molecule has 0 saturated carbocycles. The molecule has 3 aromatic rings. The molecule has 0 N–H and O–H groups in total. The average Bonchev–Trinajstić information content (AvgIpc) is 2.82. The molecule has 0 amide bonds. The number of hydrogen-bond donors (Lipinski definition) is 0. The minimum absolute atomic E-state index is 0.934. The van der Waals surface area contributed by atoms with E-state index in [0.717, 1.165) is 13.1 Å². The summed E-state index contributed by atoms with van der Waals surface area (Å²) in [4.78, 5) is 0. The van der Waals surface area contributed by atoms with Crippen LogP contribution < -0.4 is 4.57 Å². The van der Waals surface area contributed by atoms with Crippen LogP contribution in [0.1, 0.15) is 55.9 Å². The molecule has 0 bridgehead atoms. The maximum absolute atomic E-state index is 2.40. The van der Waals surface area contributed by atoms with Crippen molar-refractivity contribution in [2.24, 2.45) is 0 Å². The third-order valence-electron chi connectivity index (χ3n) is 6.00. The quantitative estimate of drug-likeness (QED) is 0.555. The zero-order valence-corrected chi connectivity index (χ0v) is 18.2. The summed E-state index contributed by atoms with van der Waals surface area (Å²) in [6.07, 6.45) is 2.29. The van der Waals surface area contributed by atoms with Crippen LogP contribution in [0, 0.1) is 55.4 Å². The molecule has 1 aromatic heterocycles. The molecule has 2 heteroatoms. The summed E-state index contributed by atoms with van der Waals surface area (Å²) < 4.78 is 4.80. The Morgan fingerprint density at radius 3 is 1.59 bits per heavy atom. The van der Waals surface area contributed by atoms with Crippen molar-refractivity contribution in [2.75, 3.05) is 0 Å². The molecule has 1 heterocycles. The van der Waals surface area contributed by atoms with Crippen molar-refractivity contribution in [3.63, 3.8) is 0 Å². The highest BCUT2D eigenvalue weighted by molar-refractivity contribution is 5.38. The number of nitrogens with zero attached hydrogens (tertiary/aromatic N) is 2. The Morgan fingerprint density at radius 2 is 1.11 bits per heavy atom. The van der Waals surface area contributed by atoms with E-state index in [0.29, 0.717) is 0 Å². The van der Waals surface area contributed by atoms with Crippen LogP contribution in [0.5, 0.6) is 0 Å². The highest BCUT2D eigenvalue weighted by atomic mass is 15.1. The average molecular weight is 362 g/mol. The molecule has 142 valence electrons. The van der Waals surface area contributed by atoms with E-state index in [1.165, 1.54) is 55.9 Å². The van der Waals surface area contributed by atoms with E-state index in [1.807, 2.05) is 0 Å². The van der Waals surface area contributed by atoms with Crippen molar-refractivity contribution in [1.82, 2.24) is 4.57 Å². The maximum atomic E-state index is 2.40. The smallest absolute Gasteiger partial charge is 0.230 e. The van der Waals surface area contributed by atoms with Crippen LogP contribution in [0.3, 0.4) is 0 Å². The Hall–Kier alpha value is -2.35. The van der Waals surface area contributed by atoms with E-state index in [9.17, 15) is 0 Å². The molecule has 0 fully saturated rings. The molecular formula is C25H33N2+. The third-order valence-corrected chi connectivity index (χ3v) is 6.00. The van der Waals surface area contributed by atoms with Gasteiger partial charge < -0.3 is 0 Å². The van der Waals surface area contributed by atoms with E-state index in [2.05, 4.69) is 95.1 Å². The normalized spacial score (nSPS) is 11.3. The predicted octanol–water partition coefficient (Wildman–Crippen LogP) is 5.34. The van der Waals surface area contributed by atoms with Gasteiger partial charge in [0.15, 0.2) is 0 Å². The van der Waals surface area contributed by atoms with E-state index in [1.54, 1.807) is 0 Å². The second kappa shape index (κ2) is 7.34. The summed E-state index contributed by atoms with van der Waals surface area (Å²) in [5.74, 6) is 0. The first-order valence-electron chi connectivity index (χ1n) is 9.86. The molecule has 0 unspecified atom stereocenters. The summed E-state index contributed by atoms with van der Waals surface area (Å²) in [6, 6.07) is 9.17. The van der Waals surface area contributed by atoms with Crippen LogP contribution in [0.25, 0.3) is 0 Å². The van der Waals surface area contributed by atoms with E-state index in [4.69, 9.17) is 0 Å². The summed E-state index contributed by atoms with van der Waals surface area (Å²) in [7, 11) is 0. The first kappa shape index (κ1) is 19.4. The Labute approximate surface area is 164 Å². The van der Waals surface area contributed by atoms with Gasteiger partial charge in [-0.1, -0.05) is 35.4 Å². The van der Waals surface area contributed by atoms with Crippen molar-refractivity contribution < 1.29 is 4.57 Å². The van der Waals surface area contributed by atoms with Crippen molar-refractivity contribution >= 4 is 0 Å². The lowest BCUT2D eigenvalue weighted by Gasteiger charge is -2.10. The van der Waals surface area contributed by atoms with Gasteiger partial charge in [0.2, 0.25) is 6.33 Å². The van der Waals surface area contributed by atoms with Crippen LogP contribution in [0.4, 0.5) is 0 Å². The SMILES string of the molecule is Cc1cc(C)c(Cn2c[n+](Cc3c(C)cc(C)cc3C)c(C)c2C)c(C)c1. The topological polar surface area (TPSA) is 8.81 Å². The van der Waals surface area contributed by atoms with Gasteiger partial charge in [-0.3, -0.25) is 0 Å². The number of rotatable bonds is 4. The van der Waals surface area contributed by atoms with Crippen LogP contribution in [0.2, 0.25) is 0 Å². The Kier molecular flexibility index (Phi) is 5.28. The first-order chi connectivity index (χ1) is 12.7. The van der Waals surface area contributed by atoms with Crippen molar-refractivity contribution in [3.8, 4) is 0 Å². The minimum atomic E-state index is 0.934. The van der Waals surface area contributed by atoms with Gasteiger partial charge in [-0.2, -0.15) is 0 Å². The lowest BCUT2D eigenvalue weighted by Crippen LogP contribution is -2.36. The van der Waals surface area contributed by atoms with Gasteiger partial charge >= 0.3 is 0 Å². The second-order valence-corrected chi connectivity index (χ2v) is 8.30. The monoisotopic (exact) mass is 361 g/mol. The molecule has 0 spiro atoms. The van der Waals surface area contributed by atoms with Gasteiger partial charge in [-0.05, 0) is 74.9 Å². The number of benzene rings is 2. The Bertz CT molecular complexity index is 879. The molecule has 2 aromatic carbocycles. The molecule has 0 aliphatic heterocycles. The fraction of sp³-hybridized carbons (Fsp3) is 0.400. The molecule has 0 aliphatic rings. The molecule has 27 heavy (non-hydrogen) atoms. The van der Waals surface area contributed by atoms with Crippen LogP contribution in [-0.4, -0.2) is 4.57 Å². The minimum Gasteiger partial charge on any atom is -0.230 e. The zero-order valence-electron chi connectivity index (χ0n) is 18.2. The summed E-state index contributed by atoms with van der Waals surface area (Å²) in [6.45, 7) is 19.6.